The maximum atomic E-state index is 10.0. The minimum atomic E-state index is -1.95. The molecule has 2 heterocycles. The number of benzene rings is 2. The second-order valence-electron chi connectivity index (χ2n) is 12.6. The van der Waals surface area contributed by atoms with E-state index in [0.717, 1.165) is 22.4 Å². The van der Waals surface area contributed by atoms with Crippen molar-refractivity contribution in [3.05, 3.63) is 59.3 Å². The van der Waals surface area contributed by atoms with Crippen LogP contribution in [0.25, 0.3) is 11.3 Å². The highest BCUT2D eigenvalue weighted by Crippen LogP contribution is 2.44. The maximum Gasteiger partial charge on any atom is 0.227 e. The number of aliphatic hydroxyl groups excluding tert-OH is 1. The van der Waals surface area contributed by atoms with Crippen molar-refractivity contribution in [2.45, 2.75) is 77.8 Å². The third-order valence-corrected chi connectivity index (χ3v) is 12.4. The molecule has 1 aliphatic heterocycles. The quantitative estimate of drug-likeness (QED) is 0.247. The molecule has 0 saturated heterocycles. The molecule has 0 saturated carbocycles. The third-order valence-electron chi connectivity index (χ3n) is 7.91. The van der Waals surface area contributed by atoms with E-state index in [1.807, 2.05) is 44.2 Å². The van der Waals surface area contributed by atoms with Gasteiger partial charge in [-0.2, -0.15) is 5.26 Å². The first kappa shape index (κ1) is 29.5. The predicted molar refractivity (Wildman–Crippen MR) is 163 cm³/mol. The highest BCUT2D eigenvalue weighted by atomic mass is 28.4. The van der Waals surface area contributed by atoms with Gasteiger partial charge < -0.3 is 24.9 Å². The Balaban J connectivity index is 1.68. The zero-order chi connectivity index (χ0) is 29.3. The summed E-state index contributed by atoms with van der Waals surface area (Å²) in [5, 5.41) is 26.5. The van der Waals surface area contributed by atoms with Gasteiger partial charge in [-0.1, -0.05) is 33.8 Å². The summed E-state index contributed by atoms with van der Waals surface area (Å²) in [6.07, 6.45) is 1.67. The largest absolute Gasteiger partial charge is 0.489 e. The van der Waals surface area contributed by atoms with E-state index in [9.17, 15) is 10.4 Å². The summed E-state index contributed by atoms with van der Waals surface area (Å²) in [5.41, 5.74) is 5.19. The van der Waals surface area contributed by atoms with Gasteiger partial charge in [-0.15, -0.1) is 0 Å². The lowest BCUT2D eigenvalue weighted by molar-refractivity contribution is 0.220. The normalized spacial score (nSPS) is 16.8. The van der Waals surface area contributed by atoms with Gasteiger partial charge in [-0.3, -0.25) is 0 Å². The minimum absolute atomic E-state index is 0.0212. The Bertz CT molecular complexity index is 1430. The van der Waals surface area contributed by atoms with Gasteiger partial charge in [0.2, 0.25) is 5.95 Å². The van der Waals surface area contributed by atoms with Gasteiger partial charge in [0.1, 0.15) is 11.8 Å². The maximum absolute atomic E-state index is 10.0. The van der Waals surface area contributed by atoms with E-state index in [2.05, 4.69) is 68.5 Å². The van der Waals surface area contributed by atoms with Crippen LogP contribution in [0.4, 0.5) is 17.3 Å². The van der Waals surface area contributed by atoms with Gasteiger partial charge in [-0.05, 0) is 73.4 Å². The van der Waals surface area contributed by atoms with E-state index < -0.39 is 8.32 Å². The van der Waals surface area contributed by atoms with Crippen molar-refractivity contribution in [2.24, 2.45) is 0 Å². The van der Waals surface area contributed by atoms with Crippen molar-refractivity contribution in [2.75, 3.05) is 23.8 Å². The van der Waals surface area contributed by atoms with Crippen LogP contribution < -0.4 is 15.4 Å². The highest BCUT2D eigenvalue weighted by Gasteiger charge is 2.42. The van der Waals surface area contributed by atoms with Crippen LogP contribution in [0.15, 0.2) is 42.6 Å². The number of rotatable bonds is 9. The Morgan fingerprint density at radius 3 is 2.60 bits per heavy atom. The van der Waals surface area contributed by atoms with Crippen molar-refractivity contribution in [3.63, 3.8) is 0 Å². The topological polar surface area (TPSA) is 112 Å². The Hall–Kier alpha value is -3.45. The molecule has 0 fully saturated rings. The van der Waals surface area contributed by atoms with Crippen LogP contribution in [0.2, 0.25) is 18.1 Å². The third kappa shape index (κ3) is 6.14. The average Bonchev–Trinajstić information content (AvgIpc) is 3.24. The Labute approximate surface area is 238 Å². The molecule has 0 spiro atoms. The van der Waals surface area contributed by atoms with Gasteiger partial charge in [0.15, 0.2) is 8.32 Å². The van der Waals surface area contributed by atoms with Crippen molar-refractivity contribution >= 4 is 25.6 Å². The Morgan fingerprint density at radius 2 is 1.95 bits per heavy atom. The molecule has 1 aliphatic rings. The summed E-state index contributed by atoms with van der Waals surface area (Å²) in [6, 6.07) is 13.7. The summed E-state index contributed by atoms with van der Waals surface area (Å²) in [4.78, 5) is 9.21. The van der Waals surface area contributed by atoms with E-state index >= 15 is 0 Å². The van der Waals surface area contributed by atoms with E-state index in [0.29, 0.717) is 41.8 Å². The van der Waals surface area contributed by atoms with Gasteiger partial charge in [-0.25, -0.2) is 9.97 Å². The molecule has 9 heteroatoms. The Morgan fingerprint density at radius 1 is 1.20 bits per heavy atom. The number of hydrogen-bond acceptors (Lipinski definition) is 8. The number of aromatic nitrogens is 2. The molecule has 212 valence electrons. The van der Waals surface area contributed by atoms with Crippen LogP contribution in [-0.2, 0) is 16.4 Å². The number of nitrogens with zero attached hydrogens (tertiary/aromatic N) is 3. The highest BCUT2D eigenvalue weighted by molar-refractivity contribution is 6.74. The van der Waals surface area contributed by atoms with Crippen molar-refractivity contribution in [1.82, 2.24) is 9.97 Å². The molecule has 0 bridgehead atoms. The second-order valence-corrected chi connectivity index (χ2v) is 17.4. The van der Waals surface area contributed by atoms with E-state index in [-0.39, 0.29) is 23.2 Å². The molecule has 4 rings (SSSR count). The summed E-state index contributed by atoms with van der Waals surface area (Å²) < 4.78 is 12.6. The number of nitrogens with one attached hydrogen (secondary N) is 2. The van der Waals surface area contributed by atoms with Crippen molar-refractivity contribution < 1.29 is 14.3 Å². The van der Waals surface area contributed by atoms with Crippen LogP contribution in [0, 0.1) is 11.3 Å². The fourth-order valence-corrected chi connectivity index (χ4v) is 5.55. The molecule has 0 unspecified atom stereocenters. The van der Waals surface area contributed by atoms with Crippen LogP contribution in [0.5, 0.6) is 5.75 Å². The van der Waals surface area contributed by atoms with E-state index in [1.165, 1.54) is 0 Å². The number of hydrogen-bond donors (Lipinski definition) is 3. The zero-order valence-electron chi connectivity index (χ0n) is 24.8. The van der Waals surface area contributed by atoms with Gasteiger partial charge in [0.05, 0.1) is 35.3 Å². The SMILES string of the molecule is CC(C)Oc1ccc(CO)cc1Nc1nccc(-c2cc(C#N)c3c(c2)[C@@](C)(CO[Si](C)(C)C(C)(C)C)CN3)n1. The number of aliphatic hydroxyl groups is 1. The summed E-state index contributed by atoms with van der Waals surface area (Å²) in [5.74, 6) is 1.04. The van der Waals surface area contributed by atoms with Crippen molar-refractivity contribution in [3.8, 4) is 23.1 Å². The molecule has 0 amide bonds. The van der Waals surface area contributed by atoms with Gasteiger partial charge in [0, 0.05) is 30.3 Å². The molecule has 1 aromatic heterocycles. The van der Waals surface area contributed by atoms with Crippen LogP contribution in [-0.4, -0.2) is 42.6 Å². The molecule has 0 radical (unpaired) electrons. The zero-order valence-corrected chi connectivity index (χ0v) is 25.8. The van der Waals surface area contributed by atoms with Gasteiger partial charge >= 0.3 is 0 Å². The summed E-state index contributed by atoms with van der Waals surface area (Å²) in [6.45, 7) is 18.6. The smallest absolute Gasteiger partial charge is 0.227 e. The van der Waals surface area contributed by atoms with Crippen molar-refractivity contribution in [1.29, 1.82) is 5.26 Å². The first-order chi connectivity index (χ1) is 18.8. The lowest BCUT2D eigenvalue weighted by Gasteiger charge is -2.39. The first-order valence-corrected chi connectivity index (χ1v) is 16.6. The molecule has 1 atom stereocenters. The predicted octanol–water partition coefficient (Wildman–Crippen LogP) is 6.74. The summed E-state index contributed by atoms with van der Waals surface area (Å²) in [7, 11) is -1.95. The lowest BCUT2D eigenvalue weighted by Crippen LogP contribution is -2.45. The van der Waals surface area contributed by atoms with Gasteiger partial charge in [0.25, 0.3) is 0 Å². The molecule has 40 heavy (non-hydrogen) atoms. The lowest BCUT2D eigenvalue weighted by atomic mass is 9.83. The molecule has 0 aliphatic carbocycles. The molecule has 2 aromatic carbocycles. The molecule has 3 aromatic rings. The molecular formula is C31H41N5O3Si. The van der Waals surface area contributed by atoms with Crippen LogP contribution in [0.1, 0.15) is 58.2 Å². The number of nitriles is 1. The number of anilines is 3. The molecule has 3 N–H and O–H groups in total. The first-order valence-electron chi connectivity index (χ1n) is 13.7. The average molecular weight is 560 g/mol. The number of fused-ring (bicyclic) bond motifs is 1. The fraction of sp³-hybridized carbons (Fsp3) is 0.452. The molecule has 8 nitrogen and oxygen atoms in total. The number of ether oxygens (including phenoxy) is 1. The monoisotopic (exact) mass is 559 g/mol. The van der Waals surface area contributed by atoms with E-state index in [4.69, 9.17) is 14.1 Å². The van der Waals surface area contributed by atoms with E-state index in [1.54, 1.807) is 6.20 Å². The fourth-order valence-electron chi connectivity index (χ4n) is 4.44. The Kier molecular flexibility index (Phi) is 8.27. The van der Waals surface area contributed by atoms with Crippen LogP contribution in [0.3, 0.4) is 0 Å². The minimum Gasteiger partial charge on any atom is -0.489 e. The standard InChI is InChI=1S/C31H41N5O3Si/c1-20(2)39-27-10-9-21(17-37)13-26(27)36-29-33-12-11-25(35-29)22-14-23(16-32)28-24(15-22)31(6,18-34-28)19-38-40(7,8)30(3,4)5/h9-15,20,34,37H,17-19H2,1-8H3,(H,33,35,36)/t31-/m1/s1. The summed E-state index contributed by atoms with van der Waals surface area (Å²) >= 11 is 0. The van der Waals surface area contributed by atoms with Crippen LogP contribution >= 0.6 is 0 Å². The second kappa shape index (κ2) is 11.2. The molecular weight excluding hydrogens is 518 g/mol.